The number of amides is 2. The van der Waals surface area contributed by atoms with Gasteiger partial charge in [-0.15, -0.1) is 0 Å². The van der Waals surface area contributed by atoms with Gasteiger partial charge in [0, 0.05) is 37.0 Å². The zero-order chi connectivity index (χ0) is 26.7. The second-order valence-corrected chi connectivity index (χ2v) is 12.4. The van der Waals surface area contributed by atoms with Gasteiger partial charge in [-0.2, -0.15) is 5.10 Å². The van der Waals surface area contributed by atoms with Crippen LogP contribution in [0.5, 0.6) is 0 Å². The van der Waals surface area contributed by atoms with Crippen molar-refractivity contribution in [3.8, 4) is 11.4 Å². The third kappa shape index (κ3) is 4.60. The van der Waals surface area contributed by atoms with E-state index in [1.807, 2.05) is 30.5 Å². The predicted molar refractivity (Wildman–Crippen MR) is 151 cm³/mol. The van der Waals surface area contributed by atoms with E-state index in [1.54, 1.807) is 0 Å². The van der Waals surface area contributed by atoms with Gasteiger partial charge in [0.15, 0.2) is 11.5 Å². The lowest BCUT2D eigenvalue weighted by molar-refractivity contribution is -0.0337. The summed E-state index contributed by atoms with van der Waals surface area (Å²) in [5.74, 6) is 1.63. The number of fused-ring (bicyclic) bond motifs is 3. The predicted octanol–water partition coefficient (Wildman–Crippen LogP) is 4.81. The first-order chi connectivity index (χ1) is 19.6. The molecule has 0 radical (unpaired) electrons. The monoisotopic (exact) mass is 543 g/mol. The van der Waals surface area contributed by atoms with Gasteiger partial charge in [-0.3, -0.25) is 0 Å². The van der Waals surface area contributed by atoms with Crippen LogP contribution in [0.15, 0.2) is 30.5 Å². The van der Waals surface area contributed by atoms with Crippen molar-refractivity contribution < 1.29 is 14.3 Å². The summed E-state index contributed by atoms with van der Waals surface area (Å²) in [6, 6.07) is 8.29. The number of urea groups is 1. The van der Waals surface area contributed by atoms with Crippen molar-refractivity contribution in [3.05, 3.63) is 30.5 Å². The molecule has 40 heavy (non-hydrogen) atoms. The summed E-state index contributed by atoms with van der Waals surface area (Å²) in [6.45, 7) is 2.58. The van der Waals surface area contributed by atoms with Gasteiger partial charge >= 0.3 is 6.03 Å². The molecule has 3 aliphatic heterocycles. The van der Waals surface area contributed by atoms with Crippen molar-refractivity contribution in [1.29, 1.82) is 0 Å². The molecule has 1 spiro atoms. The van der Waals surface area contributed by atoms with E-state index >= 15 is 0 Å². The van der Waals surface area contributed by atoms with Gasteiger partial charge in [0.05, 0.1) is 35.4 Å². The summed E-state index contributed by atoms with van der Waals surface area (Å²) in [5.41, 5.74) is 2.66. The minimum Gasteiger partial charge on any atom is -0.375 e. The van der Waals surface area contributed by atoms with Gasteiger partial charge in [0.1, 0.15) is 5.82 Å². The number of nitrogens with one attached hydrogen (secondary N) is 2. The highest BCUT2D eigenvalue weighted by molar-refractivity contribution is 5.91. The Morgan fingerprint density at radius 2 is 1.73 bits per heavy atom. The molecule has 2 saturated carbocycles. The van der Waals surface area contributed by atoms with E-state index < -0.39 is 0 Å². The Labute approximate surface area is 233 Å². The highest BCUT2D eigenvalue weighted by Gasteiger charge is 2.40. The van der Waals surface area contributed by atoms with E-state index in [1.165, 1.54) is 12.8 Å². The normalized spacial score (nSPS) is 29.8. The molecule has 10 heteroatoms. The quantitative estimate of drug-likeness (QED) is 0.476. The molecule has 2 aliphatic carbocycles. The fraction of sp³-hybridized carbons (Fsp3) is 0.600. The van der Waals surface area contributed by atoms with Crippen LogP contribution in [0, 0.1) is 0 Å². The molecule has 2 atom stereocenters. The molecule has 2 N–H and O–H groups in total. The second kappa shape index (κ2) is 9.69. The molecular weight excluding hydrogens is 506 g/mol. The van der Waals surface area contributed by atoms with Crippen LogP contribution in [-0.2, 0) is 9.47 Å². The van der Waals surface area contributed by atoms with Crippen LogP contribution in [0.1, 0.15) is 70.3 Å². The molecule has 2 bridgehead atoms. The van der Waals surface area contributed by atoms with E-state index in [9.17, 15) is 4.79 Å². The summed E-state index contributed by atoms with van der Waals surface area (Å²) < 4.78 is 14.5. The van der Waals surface area contributed by atoms with Gasteiger partial charge in [-0.25, -0.2) is 19.4 Å². The number of rotatable bonds is 5. The molecule has 210 valence electrons. The maximum Gasteiger partial charge on any atom is 0.319 e. The summed E-state index contributed by atoms with van der Waals surface area (Å²) in [4.78, 5) is 24.8. The Morgan fingerprint density at radius 1 is 0.950 bits per heavy atom. The number of carbonyl (C=O) groups is 1. The summed E-state index contributed by atoms with van der Waals surface area (Å²) in [5, 5.41) is 11.8. The van der Waals surface area contributed by atoms with Gasteiger partial charge in [0.25, 0.3) is 0 Å². The van der Waals surface area contributed by atoms with Crippen LogP contribution in [0.25, 0.3) is 22.4 Å². The lowest BCUT2D eigenvalue weighted by atomic mass is 9.80. The molecular formula is C30H37N7O3. The number of nitrogens with zero attached hydrogens (tertiary/aromatic N) is 5. The molecule has 1 aromatic carbocycles. The summed E-state index contributed by atoms with van der Waals surface area (Å²) in [7, 11) is 0. The Bertz CT molecular complexity index is 1390. The van der Waals surface area contributed by atoms with E-state index in [4.69, 9.17) is 24.5 Å². The summed E-state index contributed by atoms with van der Waals surface area (Å²) in [6.07, 6.45) is 13.5. The molecule has 2 amide bonds. The van der Waals surface area contributed by atoms with Crippen LogP contribution in [0.4, 0.5) is 16.3 Å². The van der Waals surface area contributed by atoms with Crippen molar-refractivity contribution in [2.75, 3.05) is 29.9 Å². The van der Waals surface area contributed by atoms with Gasteiger partial charge in [0.2, 0.25) is 0 Å². The number of carbonyl (C=O) groups excluding carboxylic acids is 1. The minimum absolute atomic E-state index is 0.0865. The molecule has 2 unspecified atom stereocenters. The van der Waals surface area contributed by atoms with Crippen molar-refractivity contribution >= 4 is 28.6 Å². The fourth-order valence-electron chi connectivity index (χ4n) is 7.14. The zero-order valence-electron chi connectivity index (χ0n) is 22.8. The average molecular weight is 544 g/mol. The highest BCUT2D eigenvalue weighted by atomic mass is 16.5. The zero-order valence-corrected chi connectivity index (χ0v) is 22.8. The summed E-state index contributed by atoms with van der Waals surface area (Å²) >= 11 is 0. The van der Waals surface area contributed by atoms with E-state index in [0.717, 1.165) is 99.2 Å². The maximum atomic E-state index is 12.2. The third-order valence-electron chi connectivity index (χ3n) is 9.49. The van der Waals surface area contributed by atoms with E-state index in [-0.39, 0.29) is 23.8 Å². The minimum atomic E-state index is -0.154. The van der Waals surface area contributed by atoms with Crippen molar-refractivity contribution in [2.45, 2.75) is 94.1 Å². The van der Waals surface area contributed by atoms with E-state index in [2.05, 4.69) is 20.2 Å². The maximum absolute atomic E-state index is 12.2. The van der Waals surface area contributed by atoms with Crippen LogP contribution >= 0.6 is 0 Å². The SMILES string of the molecule is O=C(Nc1ccc(-c2nc(N3CC4CCC(C3)O4)c3cnn([C@H]4CC[C@@]5(CCCO5)CC4)c3n2)cc1)NC1CC1. The fourth-order valence-corrected chi connectivity index (χ4v) is 7.14. The molecule has 10 nitrogen and oxygen atoms in total. The number of aromatic nitrogens is 4. The third-order valence-corrected chi connectivity index (χ3v) is 9.49. The Morgan fingerprint density at radius 3 is 2.42 bits per heavy atom. The Kier molecular flexibility index (Phi) is 5.95. The molecule has 5 heterocycles. The molecule has 5 fully saturated rings. The lowest BCUT2D eigenvalue weighted by Gasteiger charge is -2.36. The van der Waals surface area contributed by atoms with Crippen LogP contribution < -0.4 is 15.5 Å². The lowest BCUT2D eigenvalue weighted by Crippen LogP contribution is -2.43. The number of morpholine rings is 1. The van der Waals surface area contributed by atoms with Crippen LogP contribution in [0.2, 0.25) is 0 Å². The Balaban J connectivity index is 1.12. The molecule has 2 aromatic heterocycles. The van der Waals surface area contributed by atoms with Crippen molar-refractivity contribution in [2.24, 2.45) is 0 Å². The van der Waals surface area contributed by atoms with E-state index in [0.29, 0.717) is 17.9 Å². The average Bonchev–Trinajstić information content (AvgIpc) is 3.34. The number of hydrogen-bond donors (Lipinski definition) is 2. The standard InChI is InChI=1S/C30H37N7O3/c38-29(33-21-6-7-21)32-20-4-2-19(3-5-20)26-34-27(36-17-23-8-9-24(18-36)40-23)25-16-31-37(28(25)35-26)22-10-13-30(14-11-22)12-1-15-39-30/h2-5,16,21-24H,1,6-15,17-18H2,(H2,32,33,38)/t22-,23?,24?,30-. The van der Waals surface area contributed by atoms with Gasteiger partial charge in [-0.05, 0) is 88.5 Å². The topological polar surface area (TPSA) is 106 Å². The van der Waals surface area contributed by atoms with Crippen LogP contribution in [0.3, 0.4) is 0 Å². The molecule has 3 saturated heterocycles. The largest absolute Gasteiger partial charge is 0.375 e. The number of hydrogen-bond acceptors (Lipinski definition) is 7. The first-order valence-electron chi connectivity index (χ1n) is 15.1. The number of benzene rings is 1. The molecule has 5 aliphatic rings. The highest BCUT2D eigenvalue weighted by Crippen LogP contribution is 2.44. The number of anilines is 2. The smallest absolute Gasteiger partial charge is 0.319 e. The first kappa shape index (κ1) is 24.5. The Hall–Kier alpha value is -3.24. The molecule has 8 rings (SSSR count). The van der Waals surface area contributed by atoms with Gasteiger partial charge < -0.3 is 25.0 Å². The molecule has 3 aromatic rings. The van der Waals surface area contributed by atoms with Crippen LogP contribution in [-0.4, -0.2) is 69.3 Å². The van der Waals surface area contributed by atoms with Gasteiger partial charge in [-0.1, -0.05) is 0 Å². The second-order valence-electron chi connectivity index (χ2n) is 12.4. The number of ether oxygens (including phenoxy) is 2. The van der Waals surface area contributed by atoms with Crippen molar-refractivity contribution in [3.63, 3.8) is 0 Å². The first-order valence-corrected chi connectivity index (χ1v) is 15.1. The van der Waals surface area contributed by atoms with Crippen molar-refractivity contribution in [1.82, 2.24) is 25.1 Å².